The van der Waals surface area contributed by atoms with E-state index < -0.39 is 107 Å². The van der Waals surface area contributed by atoms with Crippen molar-refractivity contribution >= 4 is 25.2 Å². The van der Waals surface area contributed by atoms with Gasteiger partial charge in [0.1, 0.15) is 42.4 Å². The molecule has 0 bridgehead atoms. The van der Waals surface area contributed by atoms with Gasteiger partial charge in [0, 0.05) is 50.7 Å². The molecule has 2 radical (unpaired) electrons. The molecule has 19 unspecified atom stereocenters. The Balaban J connectivity index is 0.971. The highest BCUT2D eigenvalue weighted by Gasteiger charge is 2.72. The van der Waals surface area contributed by atoms with E-state index in [4.69, 9.17) is 42.3 Å². The van der Waals surface area contributed by atoms with Gasteiger partial charge in [-0.1, -0.05) is 110 Å². The molecule has 6 fully saturated rings. The third-order valence-corrected chi connectivity index (χ3v) is 16.5. The lowest BCUT2D eigenvalue weighted by Crippen LogP contribution is -2.73. The zero-order valence-electron chi connectivity index (χ0n) is 33.1. The first-order chi connectivity index (χ1) is 29.5. The number of aromatic nitrogens is 3. The van der Waals surface area contributed by atoms with E-state index in [1.54, 1.807) is 0 Å². The molecule has 4 heterocycles. The molecule has 4 aliphatic carbocycles. The number of hydrogen-bond acceptors (Lipinski definition) is 14. The summed E-state index contributed by atoms with van der Waals surface area (Å²) >= 11 is 1.39. The SMILES string of the molecule is [B]C1C(O)C(O)C(O)C2C1SC1C3OOC4C(c5nc(C6=CCC(C)(c7ccccc7)C=C6)nc(-c6ccc(-c7ccccc7)cc6)n5)C(O)C(O)C5OOC(C(O)C12)C3C54. The fourth-order valence-corrected chi connectivity index (χ4v) is 13.5. The number of fused-ring (bicyclic) bond motifs is 4. The number of aliphatic hydroxyl groups excluding tert-OH is 6. The van der Waals surface area contributed by atoms with Crippen molar-refractivity contribution in [1.29, 1.82) is 0 Å². The monoisotopic (exact) mass is 843 g/mol. The first-order valence-electron chi connectivity index (χ1n) is 21.0. The van der Waals surface area contributed by atoms with Crippen LogP contribution in [0.4, 0.5) is 0 Å². The van der Waals surface area contributed by atoms with Crippen LogP contribution in [0.15, 0.2) is 103 Å². The van der Waals surface area contributed by atoms with Crippen molar-refractivity contribution in [3.05, 3.63) is 120 Å². The van der Waals surface area contributed by atoms with E-state index in [9.17, 15) is 30.6 Å². The van der Waals surface area contributed by atoms with Crippen LogP contribution in [0, 0.1) is 23.7 Å². The van der Waals surface area contributed by atoms with E-state index in [0.29, 0.717) is 18.1 Å². The molecular formula is C46H46BN3O10S. The topological polar surface area (TPSA) is 197 Å². The van der Waals surface area contributed by atoms with Crippen LogP contribution in [-0.4, -0.2) is 125 Å². The van der Waals surface area contributed by atoms with Crippen molar-refractivity contribution in [2.24, 2.45) is 23.7 Å². The van der Waals surface area contributed by atoms with Gasteiger partial charge in [0.25, 0.3) is 0 Å². The van der Waals surface area contributed by atoms with Gasteiger partial charge in [-0.25, -0.2) is 34.5 Å². The number of rotatable bonds is 5. The van der Waals surface area contributed by atoms with Crippen molar-refractivity contribution in [3.8, 4) is 22.5 Å². The fraction of sp³-hybridized carbons (Fsp3) is 0.457. The Bertz CT molecular complexity index is 2350. The first-order valence-corrected chi connectivity index (χ1v) is 22.0. The molecule has 19 atom stereocenters. The molecule has 4 aromatic rings. The molecule has 61 heavy (non-hydrogen) atoms. The minimum atomic E-state index is -1.50. The van der Waals surface area contributed by atoms with Crippen LogP contribution in [0.25, 0.3) is 28.1 Å². The Labute approximate surface area is 357 Å². The van der Waals surface area contributed by atoms with Gasteiger partial charge >= 0.3 is 0 Å². The summed E-state index contributed by atoms with van der Waals surface area (Å²) in [4.78, 5) is 39.4. The summed E-state index contributed by atoms with van der Waals surface area (Å²) in [5.74, 6) is -3.62. The highest BCUT2D eigenvalue weighted by Crippen LogP contribution is 2.63. The average molecular weight is 844 g/mol. The summed E-state index contributed by atoms with van der Waals surface area (Å²) in [7, 11) is 6.44. The molecule has 1 aromatic heterocycles. The van der Waals surface area contributed by atoms with Crippen LogP contribution in [-0.2, 0) is 25.0 Å². The number of thioether (sulfide) groups is 1. The summed E-state index contributed by atoms with van der Waals surface area (Å²) in [5, 5.41) is 67.6. The molecule has 3 aromatic carbocycles. The number of benzene rings is 3. The second-order valence-corrected chi connectivity index (χ2v) is 19.3. The summed E-state index contributed by atoms with van der Waals surface area (Å²) in [6, 6.07) is 28.2. The molecule has 11 rings (SSSR count). The van der Waals surface area contributed by atoms with Crippen LogP contribution < -0.4 is 0 Å². The van der Waals surface area contributed by atoms with E-state index in [-0.39, 0.29) is 11.2 Å². The zero-order valence-corrected chi connectivity index (χ0v) is 33.9. The normalized spacial score (nSPS) is 43.4. The Hall–Kier alpha value is -3.84. The summed E-state index contributed by atoms with van der Waals surface area (Å²) in [6.07, 6.45) is -5.18. The van der Waals surface area contributed by atoms with Crippen LogP contribution in [0.1, 0.15) is 36.5 Å². The molecular weight excluding hydrogens is 797 g/mol. The molecule has 3 saturated carbocycles. The van der Waals surface area contributed by atoms with Crippen molar-refractivity contribution in [2.75, 3.05) is 0 Å². The van der Waals surface area contributed by atoms with Gasteiger partial charge < -0.3 is 30.6 Å². The molecule has 3 aliphatic heterocycles. The van der Waals surface area contributed by atoms with Crippen LogP contribution >= 0.6 is 11.8 Å². The van der Waals surface area contributed by atoms with Crippen molar-refractivity contribution < 1.29 is 50.2 Å². The van der Waals surface area contributed by atoms with E-state index in [0.717, 1.165) is 22.3 Å². The van der Waals surface area contributed by atoms with E-state index in [1.807, 2.05) is 78.9 Å². The third-order valence-electron chi connectivity index (χ3n) is 14.6. The predicted molar refractivity (Wildman–Crippen MR) is 223 cm³/mol. The molecule has 0 spiro atoms. The lowest BCUT2D eigenvalue weighted by molar-refractivity contribution is -0.508. The molecule has 7 aliphatic rings. The van der Waals surface area contributed by atoms with Crippen LogP contribution in [0.5, 0.6) is 0 Å². The van der Waals surface area contributed by atoms with Crippen molar-refractivity contribution in [1.82, 2.24) is 15.0 Å². The van der Waals surface area contributed by atoms with Crippen LogP contribution in [0.2, 0.25) is 5.82 Å². The van der Waals surface area contributed by atoms with E-state index in [1.165, 1.54) is 17.3 Å². The Morgan fingerprint density at radius 2 is 1.16 bits per heavy atom. The fourth-order valence-electron chi connectivity index (χ4n) is 11.3. The quantitative estimate of drug-likeness (QED) is 0.127. The molecule has 314 valence electrons. The summed E-state index contributed by atoms with van der Waals surface area (Å²) in [5.41, 5.74) is 4.50. The maximum absolute atomic E-state index is 12.1. The van der Waals surface area contributed by atoms with Gasteiger partial charge in [-0.05, 0) is 28.9 Å². The maximum atomic E-state index is 12.1. The number of hydrogen-bond donors (Lipinski definition) is 6. The molecule has 13 nitrogen and oxygen atoms in total. The second-order valence-electron chi connectivity index (χ2n) is 17.9. The number of aliphatic hydroxyl groups is 6. The Morgan fingerprint density at radius 3 is 1.87 bits per heavy atom. The number of nitrogens with zero attached hydrogens (tertiary/aromatic N) is 3. The zero-order chi connectivity index (χ0) is 41.9. The van der Waals surface area contributed by atoms with Crippen molar-refractivity contribution in [3.63, 3.8) is 0 Å². The highest BCUT2D eigenvalue weighted by molar-refractivity contribution is 8.01. The van der Waals surface area contributed by atoms with Crippen LogP contribution in [0.3, 0.4) is 0 Å². The van der Waals surface area contributed by atoms with Gasteiger partial charge in [0.2, 0.25) is 0 Å². The Kier molecular flexibility index (Phi) is 9.94. The van der Waals surface area contributed by atoms with Gasteiger partial charge in [0.05, 0.1) is 38.2 Å². The highest BCUT2D eigenvalue weighted by atomic mass is 32.2. The third kappa shape index (κ3) is 6.27. The lowest BCUT2D eigenvalue weighted by Gasteiger charge is -2.60. The van der Waals surface area contributed by atoms with Gasteiger partial charge in [0.15, 0.2) is 11.6 Å². The van der Waals surface area contributed by atoms with E-state index >= 15 is 0 Å². The molecule has 0 amide bonds. The largest absolute Gasteiger partial charge is 0.391 e. The summed E-state index contributed by atoms with van der Waals surface area (Å²) < 4.78 is 0. The smallest absolute Gasteiger partial charge is 0.163 e. The van der Waals surface area contributed by atoms with E-state index in [2.05, 4.69) is 31.2 Å². The Morgan fingerprint density at radius 1 is 0.574 bits per heavy atom. The second kappa shape index (κ2) is 15.2. The minimum absolute atomic E-state index is 0.186. The molecule has 6 N–H and O–H groups in total. The average Bonchev–Trinajstić information content (AvgIpc) is 3.71. The van der Waals surface area contributed by atoms with Gasteiger partial charge in [-0.3, -0.25) is 0 Å². The first kappa shape index (κ1) is 40.0. The predicted octanol–water partition coefficient (Wildman–Crippen LogP) is 3.10. The lowest BCUT2D eigenvalue weighted by atomic mass is 9.56. The van der Waals surface area contributed by atoms with Gasteiger partial charge in [-0.15, -0.1) is 0 Å². The number of allylic oxidation sites excluding steroid dienone is 4. The molecule has 3 saturated heterocycles. The summed E-state index contributed by atoms with van der Waals surface area (Å²) in [6.45, 7) is 2.18. The van der Waals surface area contributed by atoms with Crippen molar-refractivity contribution in [2.45, 2.75) is 102 Å². The minimum Gasteiger partial charge on any atom is -0.391 e. The molecule has 15 heteroatoms. The maximum Gasteiger partial charge on any atom is 0.163 e. The standard InChI is InChI=1S/C46H46BN3O10S/c1-46(24-10-6-3-7-11-24)18-16-23(17-19-46)44-48-43(22-14-12-21(13-15-22)20-8-4-2-5-9-20)49-45(50-44)29-32(52)36(56)39-27-28-38(58-59-39)33(53)26-25-31(51)35(55)34(54)30(47)41(25)61-42(26)40(28)60-57-37(27)29/h2-18,25-42,51-56H,19H2,1H3. The van der Waals surface area contributed by atoms with Gasteiger partial charge in [-0.2, -0.15) is 11.8 Å².